The summed E-state index contributed by atoms with van der Waals surface area (Å²) in [5, 5.41) is 0. The van der Waals surface area contributed by atoms with Crippen molar-refractivity contribution in [1.29, 1.82) is 0 Å². The van der Waals surface area contributed by atoms with Crippen LogP contribution in [0.15, 0.2) is 54.6 Å². The van der Waals surface area contributed by atoms with Crippen LogP contribution in [0.1, 0.15) is 29.9 Å². The average Bonchev–Trinajstić information content (AvgIpc) is 2.46. The predicted octanol–water partition coefficient (Wildman–Crippen LogP) is 3.51. The average molecular weight is 267 g/mol. The van der Waals surface area contributed by atoms with Crippen molar-refractivity contribution in [2.45, 2.75) is 31.2 Å². The lowest BCUT2D eigenvalue weighted by Crippen LogP contribution is -2.29. The molecule has 0 bridgehead atoms. The van der Waals surface area contributed by atoms with Crippen LogP contribution < -0.4 is 10.5 Å². The number of nitrogens with two attached hydrogens (primary N) is 1. The van der Waals surface area contributed by atoms with Gasteiger partial charge in [0.2, 0.25) is 0 Å². The van der Waals surface area contributed by atoms with Crippen molar-refractivity contribution in [2.75, 3.05) is 6.61 Å². The molecule has 1 aliphatic rings. The number of benzene rings is 2. The summed E-state index contributed by atoms with van der Waals surface area (Å²) in [5.74, 6) is 1.58. The molecule has 2 N–H and O–H groups in total. The van der Waals surface area contributed by atoms with E-state index in [-0.39, 0.29) is 6.04 Å². The predicted molar refractivity (Wildman–Crippen MR) is 82.0 cm³/mol. The third-order valence-electron chi connectivity index (χ3n) is 4.05. The van der Waals surface area contributed by atoms with E-state index >= 15 is 0 Å². The number of hydrogen-bond acceptors (Lipinski definition) is 2. The van der Waals surface area contributed by atoms with Crippen molar-refractivity contribution in [3.8, 4) is 5.75 Å². The van der Waals surface area contributed by atoms with Gasteiger partial charge in [0.05, 0.1) is 6.61 Å². The molecule has 0 saturated heterocycles. The largest absolute Gasteiger partial charge is 0.494 e. The molecule has 2 heteroatoms. The first kappa shape index (κ1) is 13.2. The van der Waals surface area contributed by atoms with Gasteiger partial charge in [-0.3, -0.25) is 0 Å². The number of fused-ring (bicyclic) bond motifs is 1. The number of ether oxygens (including phenoxy) is 1. The first-order valence-corrected chi connectivity index (χ1v) is 7.34. The molecule has 2 aromatic rings. The standard InChI is InChI=1S/C18H21NO/c19-16(10-11-20-17-7-2-1-3-8-17)13-15-12-14-6-4-5-9-18(14)15/h1-9,15-16H,10-13,19H2. The molecule has 0 amide bonds. The Balaban J connectivity index is 1.42. The number of para-hydroxylation sites is 1. The van der Waals surface area contributed by atoms with Gasteiger partial charge in [-0.15, -0.1) is 0 Å². The summed E-state index contributed by atoms with van der Waals surface area (Å²) in [6, 6.07) is 18.8. The van der Waals surface area contributed by atoms with E-state index in [1.54, 1.807) is 0 Å². The molecule has 0 aromatic heterocycles. The first-order chi connectivity index (χ1) is 9.83. The van der Waals surface area contributed by atoms with Crippen LogP contribution in [0.5, 0.6) is 5.75 Å². The second-order valence-corrected chi connectivity index (χ2v) is 5.55. The van der Waals surface area contributed by atoms with E-state index in [1.807, 2.05) is 30.3 Å². The molecule has 0 fully saturated rings. The Labute approximate surface area is 120 Å². The summed E-state index contributed by atoms with van der Waals surface area (Å²) < 4.78 is 5.70. The van der Waals surface area contributed by atoms with Crippen LogP contribution in [0.4, 0.5) is 0 Å². The molecule has 0 aliphatic heterocycles. The van der Waals surface area contributed by atoms with Crippen LogP contribution in [0, 0.1) is 0 Å². The second kappa shape index (κ2) is 6.10. The van der Waals surface area contributed by atoms with E-state index in [0.717, 1.165) is 18.6 Å². The van der Waals surface area contributed by atoms with Crippen LogP contribution in [0.2, 0.25) is 0 Å². The smallest absolute Gasteiger partial charge is 0.119 e. The molecule has 3 rings (SSSR count). The minimum absolute atomic E-state index is 0.220. The van der Waals surface area contributed by atoms with Gasteiger partial charge in [0.25, 0.3) is 0 Å². The molecule has 20 heavy (non-hydrogen) atoms. The summed E-state index contributed by atoms with van der Waals surface area (Å²) in [7, 11) is 0. The maximum Gasteiger partial charge on any atom is 0.119 e. The fourth-order valence-corrected chi connectivity index (χ4v) is 2.90. The molecule has 0 heterocycles. The third-order valence-corrected chi connectivity index (χ3v) is 4.05. The van der Waals surface area contributed by atoms with Gasteiger partial charge in [0, 0.05) is 6.04 Å². The second-order valence-electron chi connectivity index (χ2n) is 5.55. The van der Waals surface area contributed by atoms with Crippen LogP contribution in [-0.2, 0) is 6.42 Å². The maximum absolute atomic E-state index is 6.23. The lowest BCUT2D eigenvalue weighted by molar-refractivity contribution is 0.289. The van der Waals surface area contributed by atoms with Gasteiger partial charge in [0.1, 0.15) is 5.75 Å². The molecule has 2 unspecified atom stereocenters. The molecular weight excluding hydrogens is 246 g/mol. The summed E-state index contributed by atoms with van der Waals surface area (Å²) in [4.78, 5) is 0. The third kappa shape index (κ3) is 3.02. The zero-order chi connectivity index (χ0) is 13.8. The highest BCUT2D eigenvalue weighted by Gasteiger charge is 2.26. The van der Waals surface area contributed by atoms with Crippen molar-refractivity contribution in [1.82, 2.24) is 0 Å². The molecule has 0 spiro atoms. The first-order valence-electron chi connectivity index (χ1n) is 7.34. The molecule has 104 valence electrons. The van der Waals surface area contributed by atoms with E-state index in [9.17, 15) is 0 Å². The van der Waals surface area contributed by atoms with Crippen LogP contribution in [0.25, 0.3) is 0 Å². The Morgan fingerprint density at radius 2 is 1.80 bits per heavy atom. The number of hydrogen-bond donors (Lipinski definition) is 1. The van der Waals surface area contributed by atoms with Gasteiger partial charge in [-0.05, 0) is 48.4 Å². The monoisotopic (exact) mass is 267 g/mol. The van der Waals surface area contributed by atoms with Crippen LogP contribution in [-0.4, -0.2) is 12.6 Å². The summed E-state index contributed by atoms with van der Waals surface area (Å²) in [5.41, 5.74) is 9.21. The number of rotatable bonds is 6. The zero-order valence-electron chi connectivity index (χ0n) is 11.7. The molecule has 0 saturated carbocycles. The van der Waals surface area contributed by atoms with E-state index in [0.29, 0.717) is 12.5 Å². The van der Waals surface area contributed by atoms with Crippen LogP contribution >= 0.6 is 0 Å². The van der Waals surface area contributed by atoms with Gasteiger partial charge in [-0.25, -0.2) is 0 Å². The Kier molecular flexibility index (Phi) is 4.03. The maximum atomic E-state index is 6.23. The lowest BCUT2D eigenvalue weighted by Gasteiger charge is -2.32. The Morgan fingerprint density at radius 1 is 1.05 bits per heavy atom. The molecule has 2 atom stereocenters. The quantitative estimate of drug-likeness (QED) is 0.869. The van der Waals surface area contributed by atoms with Gasteiger partial charge in [-0.2, -0.15) is 0 Å². The highest BCUT2D eigenvalue weighted by molar-refractivity contribution is 5.39. The van der Waals surface area contributed by atoms with Crippen LogP contribution in [0.3, 0.4) is 0 Å². The molecular formula is C18H21NO. The molecule has 2 nitrogen and oxygen atoms in total. The Bertz CT molecular complexity index is 552. The summed E-state index contributed by atoms with van der Waals surface area (Å²) in [6.45, 7) is 0.694. The highest BCUT2D eigenvalue weighted by Crippen LogP contribution is 2.37. The van der Waals surface area contributed by atoms with E-state index < -0.39 is 0 Å². The van der Waals surface area contributed by atoms with Gasteiger partial charge in [0.15, 0.2) is 0 Å². The van der Waals surface area contributed by atoms with Crippen molar-refractivity contribution in [3.63, 3.8) is 0 Å². The lowest BCUT2D eigenvalue weighted by atomic mass is 9.74. The molecule has 2 aromatic carbocycles. The van der Waals surface area contributed by atoms with Crippen molar-refractivity contribution in [3.05, 3.63) is 65.7 Å². The minimum atomic E-state index is 0.220. The highest BCUT2D eigenvalue weighted by atomic mass is 16.5. The van der Waals surface area contributed by atoms with Crippen molar-refractivity contribution < 1.29 is 4.74 Å². The van der Waals surface area contributed by atoms with Gasteiger partial charge < -0.3 is 10.5 Å². The Morgan fingerprint density at radius 3 is 2.60 bits per heavy atom. The van der Waals surface area contributed by atoms with Gasteiger partial charge >= 0.3 is 0 Å². The van der Waals surface area contributed by atoms with Crippen molar-refractivity contribution >= 4 is 0 Å². The normalized spacial score (nSPS) is 17.9. The fourth-order valence-electron chi connectivity index (χ4n) is 2.90. The van der Waals surface area contributed by atoms with E-state index in [2.05, 4.69) is 24.3 Å². The van der Waals surface area contributed by atoms with E-state index in [4.69, 9.17) is 10.5 Å². The van der Waals surface area contributed by atoms with E-state index in [1.165, 1.54) is 17.5 Å². The Hall–Kier alpha value is -1.80. The minimum Gasteiger partial charge on any atom is -0.494 e. The summed E-state index contributed by atoms with van der Waals surface area (Å²) >= 11 is 0. The molecule has 1 aliphatic carbocycles. The SMILES string of the molecule is NC(CCOc1ccccc1)CC1Cc2ccccc21. The topological polar surface area (TPSA) is 35.2 Å². The zero-order valence-corrected chi connectivity index (χ0v) is 11.7. The summed E-state index contributed by atoms with van der Waals surface area (Å²) in [6.07, 6.45) is 3.16. The fraction of sp³-hybridized carbons (Fsp3) is 0.333. The van der Waals surface area contributed by atoms with Crippen molar-refractivity contribution in [2.24, 2.45) is 5.73 Å². The molecule has 0 radical (unpaired) electrons. The van der Waals surface area contributed by atoms with Gasteiger partial charge in [-0.1, -0.05) is 42.5 Å².